The van der Waals surface area contributed by atoms with Crippen LogP contribution in [0.1, 0.15) is 36.7 Å². The number of aryl methyl sites for hydroxylation is 1. The summed E-state index contributed by atoms with van der Waals surface area (Å²) in [6.45, 7) is 1.28. The predicted octanol–water partition coefficient (Wildman–Crippen LogP) is 4.82. The van der Waals surface area contributed by atoms with Gasteiger partial charge < -0.3 is 24.3 Å². The maximum absolute atomic E-state index is 12.8. The number of fused-ring (bicyclic) bond motifs is 1. The summed E-state index contributed by atoms with van der Waals surface area (Å²) in [5.41, 5.74) is 1.67. The summed E-state index contributed by atoms with van der Waals surface area (Å²) < 4.78 is 48.7. The molecule has 0 radical (unpaired) electrons. The molecule has 0 atom stereocenters. The molecule has 1 aliphatic heterocycles. The molecular formula is C28H24N2O9S3. The number of amides is 1. The fourth-order valence-electron chi connectivity index (χ4n) is 4.19. The number of esters is 2. The van der Waals surface area contributed by atoms with Crippen molar-refractivity contribution in [3.05, 3.63) is 87.1 Å². The molecule has 2 aromatic heterocycles. The fraction of sp³-hybridized carbons (Fsp3) is 0.179. The van der Waals surface area contributed by atoms with Gasteiger partial charge in [-0.1, -0.05) is 24.3 Å². The third-order valence-electron chi connectivity index (χ3n) is 6.15. The molecule has 0 saturated carbocycles. The van der Waals surface area contributed by atoms with Crippen molar-refractivity contribution in [2.75, 3.05) is 30.5 Å². The first-order chi connectivity index (χ1) is 20.2. The van der Waals surface area contributed by atoms with Gasteiger partial charge in [0.25, 0.3) is 15.9 Å². The molecule has 2 aromatic carbocycles. The Hall–Kier alpha value is -4.40. The highest BCUT2D eigenvalue weighted by molar-refractivity contribution is 7.94. The fourth-order valence-corrected chi connectivity index (χ4v) is 7.34. The first-order valence-electron chi connectivity index (χ1n) is 12.4. The van der Waals surface area contributed by atoms with Crippen LogP contribution >= 0.6 is 22.7 Å². The van der Waals surface area contributed by atoms with Crippen molar-refractivity contribution in [2.24, 2.45) is 0 Å². The lowest BCUT2D eigenvalue weighted by atomic mass is 10.0. The lowest BCUT2D eigenvalue weighted by Crippen LogP contribution is -2.22. The maximum Gasteiger partial charge on any atom is 0.341 e. The Kier molecular flexibility index (Phi) is 8.47. The summed E-state index contributed by atoms with van der Waals surface area (Å²) >= 11 is 2.22. The van der Waals surface area contributed by atoms with Crippen LogP contribution in [0.5, 0.6) is 11.5 Å². The highest BCUT2D eigenvalue weighted by atomic mass is 32.2. The van der Waals surface area contributed by atoms with E-state index < -0.39 is 34.5 Å². The van der Waals surface area contributed by atoms with Crippen LogP contribution in [-0.2, 0) is 30.7 Å². The SMILES string of the molecule is COC(=O)c1c(NC(=O)COC(=O)c2ccccc2NS(=O)(=O)c2cccs2)sc(C)c1Cc1ccc2c(c1)OCO2. The van der Waals surface area contributed by atoms with Crippen LogP contribution in [0, 0.1) is 6.92 Å². The number of para-hydroxylation sites is 1. The molecule has 0 spiro atoms. The third kappa shape index (κ3) is 6.25. The molecule has 11 nitrogen and oxygen atoms in total. The van der Waals surface area contributed by atoms with Gasteiger partial charge in [0, 0.05) is 4.88 Å². The van der Waals surface area contributed by atoms with Crippen molar-refractivity contribution in [3.63, 3.8) is 0 Å². The van der Waals surface area contributed by atoms with Crippen LogP contribution in [0.2, 0.25) is 0 Å². The smallest absolute Gasteiger partial charge is 0.341 e. The van der Waals surface area contributed by atoms with Crippen molar-refractivity contribution in [2.45, 2.75) is 17.6 Å². The maximum atomic E-state index is 12.8. The first kappa shape index (κ1) is 29.1. The highest BCUT2D eigenvalue weighted by Crippen LogP contribution is 2.37. The molecule has 3 heterocycles. The minimum atomic E-state index is -3.92. The Bertz CT molecular complexity index is 1760. The standard InChI is InChI=1S/C28H24N2O9S3/c1-16-19(12-17-9-10-21-22(13-17)39-15-38-21)25(28(33)36-2)26(41-16)29-23(31)14-37-27(32)18-6-3-4-7-20(18)30-42(34,35)24-8-5-11-40-24/h3-11,13,30H,12,14-15H2,1-2H3,(H,29,31). The van der Waals surface area contributed by atoms with Gasteiger partial charge in [0.1, 0.15) is 9.21 Å². The van der Waals surface area contributed by atoms with Crippen molar-refractivity contribution in [3.8, 4) is 11.5 Å². The molecule has 0 unspecified atom stereocenters. The van der Waals surface area contributed by atoms with E-state index in [1.54, 1.807) is 29.6 Å². The summed E-state index contributed by atoms with van der Waals surface area (Å²) in [5, 5.41) is 4.51. The number of anilines is 2. The van der Waals surface area contributed by atoms with Gasteiger partial charge in [-0.15, -0.1) is 22.7 Å². The van der Waals surface area contributed by atoms with Crippen LogP contribution < -0.4 is 19.5 Å². The minimum absolute atomic E-state index is 0.00586. The summed E-state index contributed by atoms with van der Waals surface area (Å²) in [4.78, 5) is 39.2. The van der Waals surface area contributed by atoms with E-state index in [1.807, 2.05) is 19.1 Å². The van der Waals surface area contributed by atoms with Crippen molar-refractivity contribution < 1.29 is 41.7 Å². The van der Waals surface area contributed by atoms with Crippen molar-refractivity contribution >= 4 is 61.2 Å². The van der Waals surface area contributed by atoms with Gasteiger partial charge in [-0.25, -0.2) is 18.0 Å². The number of rotatable bonds is 10. The Morgan fingerprint density at radius 2 is 1.79 bits per heavy atom. The quantitative estimate of drug-likeness (QED) is 0.236. The van der Waals surface area contributed by atoms with E-state index in [4.69, 9.17) is 18.9 Å². The lowest BCUT2D eigenvalue weighted by Gasteiger charge is -2.12. The summed E-state index contributed by atoms with van der Waals surface area (Å²) in [7, 11) is -2.67. The number of carbonyl (C=O) groups excluding carboxylic acids is 3. The summed E-state index contributed by atoms with van der Waals surface area (Å²) in [6.07, 6.45) is 0.367. The second-order valence-electron chi connectivity index (χ2n) is 8.90. The molecule has 1 aliphatic rings. The van der Waals surface area contributed by atoms with Gasteiger partial charge in [-0.05, 0) is 60.2 Å². The summed E-state index contributed by atoms with van der Waals surface area (Å²) in [5.74, 6) is -0.987. The number of nitrogens with one attached hydrogen (secondary N) is 2. The summed E-state index contributed by atoms with van der Waals surface area (Å²) in [6, 6.07) is 14.4. The average molecular weight is 629 g/mol. The van der Waals surface area contributed by atoms with Gasteiger partial charge in [-0.3, -0.25) is 9.52 Å². The Morgan fingerprint density at radius 3 is 2.55 bits per heavy atom. The van der Waals surface area contributed by atoms with Gasteiger partial charge in [0.2, 0.25) is 6.79 Å². The van der Waals surface area contributed by atoms with Crippen LogP contribution in [-0.4, -0.2) is 46.8 Å². The lowest BCUT2D eigenvalue weighted by molar-refractivity contribution is -0.119. The molecule has 42 heavy (non-hydrogen) atoms. The van der Waals surface area contributed by atoms with E-state index in [9.17, 15) is 22.8 Å². The molecule has 4 aromatic rings. The molecule has 0 bridgehead atoms. The number of sulfonamides is 1. The number of hydrogen-bond donors (Lipinski definition) is 2. The molecule has 218 valence electrons. The molecule has 0 saturated heterocycles. The average Bonchev–Trinajstić information content (AvgIpc) is 3.73. The number of thiophene rings is 2. The molecule has 2 N–H and O–H groups in total. The first-order valence-corrected chi connectivity index (χ1v) is 15.6. The molecular weight excluding hydrogens is 605 g/mol. The largest absolute Gasteiger partial charge is 0.465 e. The second kappa shape index (κ2) is 12.2. The van der Waals surface area contributed by atoms with E-state index in [0.717, 1.165) is 21.8 Å². The van der Waals surface area contributed by atoms with Gasteiger partial charge in [0.15, 0.2) is 18.1 Å². The minimum Gasteiger partial charge on any atom is -0.465 e. The van der Waals surface area contributed by atoms with E-state index in [1.165, 1.54) is 36.6 Å². The predicted molar refractivity (Wildman–Crippen MR) is 156 cm³/mol. The van der Waals surface area contributed by atoms with Crippen LogP contribution in [0.25, 0.3) is 0 Å². The molecule has 0 fully saturated rings. The number of methoxy groups -OCH3 is 1. The van der Waals surface area contributed by atoms with Gasteiger partial charge in [-0.2, -0.15) is 0 Å². The van der Waals surface area contributed by atoms with Crippen LogP contribution in [0.4, 0.5) is 10.7 Å². The monoisotopic (exact) mass is 628 g/mol. The Balaban J connectivity index is 1.28. The van der Waals surface area contributed by atoms with E-state index in [-0.39, 0.29) is 32.8 Å². The molecule has 1 amide bonds. The van der Waals surface area contributed by atoms with Gasteiger partial charge in [0.05, 0.1) is 23.9 Å². The van der Waals surface area contributed by atoms with Gasteiger partial charge >= 0.3 is 11.9 Å². The molecule has 5 rings (SSSR count). The normalized spacial score (nSPS) is 12.0. The Morgan fingerprint density at radius 1 is 1.00 bits per heavy atom. The molecule has 0 aliphatic carbocycles. The number of hydrogen-bond acceptors (Lipinski definition) is 11. The topological polar surface area (TPSA) is 146 Å². The van der Waals surface area contributed by atoms with Crippen molar-refractivity contribution in [1.29, 1.82) is 0 Å². The zero-order valence-electron chi connectivity index (χ0n) is 22.3. The van der Waals surface area contributed by atoms with E-state index in [2.05, 4.69) is 10.0 Å². The van der Waals surface area contributed by atoms with Crippen molar-refractivity contribution in [1.82, 2.24) is 0 Å². The number of ether oxygens (including phenoxy) is 4. The van der Waals surface area contributed by atoms with Crippen LogP contribution in [0.15, 0.2) is 64.2 Å². The Labute approximate surface area is 249 Å². The second-order valence-corrected chi connectivity index (χ2v) is 13.0. The zero-order valence-corrected chi connectivity index (χ0v) is 24.7. The number of benzene rings is 2. The highest BCUT2D eigenvalue weighted by Gasteiger charge is 2.26. The molecule has 14 heteroatoms. The van der Waals surface area contributed by atoms with E-state index >= 15 is 0 Å². The van der Waals surface area contributed by atoms with E-state index in [0.29, 0.717) is 23.5 Å². The number of carbonyl (C=O) groups is 3. The third-order valence-corrected chi connectivity index (χ3v) is 9.98. The van der Waals surface area contributed by atoms with Crippen LogP contribution in [0.3, 0.4) is 0 Å². The zero-order chi connectivity index (χ0) is 29.9.